The molecule has 0 unspecified atom stereocenters. The molecule has 0 spiro atoms. The number of sulfonamides is 1. The van der Waals surface area contributed by atoms with Crippen LogP contribution in [0.3, 0.4) is 0 Å². The quantitative estimate of drug-likeness (QED) is 0.380. The first-order chi connectivity index (χ1) is 21.6. The highest BCUT2D eigenvalue weighted by Gasteiger charge is 2.30. The van der Waals surface area contributed by atoms with E-state index < -0.39 is 10.0 Å². The van der Waals surface area contributed by atoms with E-state index in [1.807, 2.05) is 18.2 Å². The average Bonchev–Trinajstić information content (AvgIpc) is 3.38. The van der Waals surface area contributed by atoms with Crippen molar-refractivity contribution < 1.29 is 13.2 Å². The van der Waals surface area contributed by atoms with Crippen molar-refractivity contribution in [2.75, 3.05) is 39.0 Å². The van der Waals surface area contributed by atoms with Gasteiger partial charge in [0.25, 0.3) is 0 Å². The van der Waals surface area contributed by atoms with E-state index in [4.69, 9.17) is 16.7 Å². The summed E-state index contributed by atoms with van der Waals surface area (Å²) in [6.07, 6.45) is 5.78. The lowest BCUT2D eigenvalue weighted by Gasteiger charge is -2.32. The van der Waals surface area contributed by atoms with Crippen LogP contribution in [0, 0.1) is 11.8 Å². The second-order valence-electron chi connectivity index (χ2n) is 12.4. The molecule has 0 radical (unpaired) electrons. The van der Waals surface area contributed by atoms with Gasteiger partial charge in [0.2, 0.25) is 15.9 Å². The first-order valence-electron chi connectivity index (χ1n) is 15.8. The molecule has 9 nitrogen and oxygen atoms in total. The van der Waals surface area contributed by atoms with Gasteiger partial charge in [-0.25, -0.2) is 8.42 Å². The number of aromatic nitrogens is 2. The number of benzene rings is 2. The van der Waals surface area contributed by atoms with Gasteiger partial charge in [0.15, 0.2) is 0 Å². The van der Waals surface area contributed by atoms with Gasteiger partial charge in [-0.05, 0) is 74.2 Å². The van der Waals surface area contributed by atoms with Gasteiger partial charge >= 0.3 is 0 Å². The summed E-state index contributed by atoms with van der Waals surface area (Å²) in [5, 5.41) is 12.1. The van der Waals surface area contributed by atoms with Crippen molar-refractivity contribution in [1.29, 1.82) is 0 Å². The Morgan fingerprint density at radius 2 is 1.89 bits per heavy atom. The molecule has 2 aromatic carbocycles. The Hall–Kier alpha value is -3.20. The fraction of sp³-hybridized carbons (Fsp3) is 0.471. The van der Waals surface area contributed by atoms with Crippen LogP contribution in [0.4, 0.5) is 0 Å². The van der Waals surface area contributed by atoms with Gasteiger partial charge in [-0.1, -0.05) is 35.6 Å². The summed E-state index contributed by atoms with van der Waals surface area (Å²) < 4.78 is 28.6. The van der Waals surface area contributed by atoms with E-state index in [9.17, 15) is 13.2 Å². The third-order valence-electron chi connectivity index (χ3n) is 9.08. The molecule has 0 saturated carbocycles. The molecule has 0 aliphatic carbocycles. The highest BCUT2D eigenvalue weighted by atomic mass is 35.5. The molecule has 1 saturated heterocycles. The summed E-state index contributed by atoms with van der Waals surface area (Å²) in [7, 11) is -3.35. The van der Waals surface area contributed by atoms with Crippen LogP contribution >= 0.6 is 11.6 Å². The van der Waals surface area contributed by atoms with E-state index in [0.717, 1.165) is 93.0 Å². The SMILES string of the molecule is CC(=O)NC1CCN(CCCn2nc(-c3ccc(Cl)c(C#Cc4ccc5c(c4)CNCC5)c3)c3c2CCN(S(C)(=O)=O)C3)CC1. The van der Waals surface area contributed by atoms with Crippen molar-refractivity contribution in [3.63, 3.8) is 0 Å². The first-order valence-corrected chi connectivity index (χ1v) is 18.0. The average molecular weight is 649 g/mol. The van der Waals surface area contributed by atoms with Crippen LogP contribution in [-0.4, -0.2) is 78.3 Å². The highest BCUT2D eigenvalue weighted by molar-refractivity contribution is 7.88. The summed E-state index contributed by atoms with van der Waals surface area (Å²) in [6.45, 7) is 7.81. The Morgan fingerprint density at radius 1 is 1.07 bits per heavy atom. The minimum atomic E-state index is -3.35. The second-order valence-corrected chi connectivity index (χ2v) is 14.8. The lowest BCUT2D eigenvalue weighted by molar-refractivity contribution is -0.119. The summed E-state index contributed by atoms with van der Waals surface area (Å²) in [6, 6.07) is 12.4. The molecular formula is C34H41ClN6O3S. The normalized spacial score (nSPS) is 17.7. The molecule has 6 rings (SSSR count). The number of hydrogen-bond donors (Lipinski definition) is 2. The molecule has 4 heterocycles. The molecule has 2 N–H and O–H groups in total. The number of nitrogens with one attached hydrogen (secondary N) is 2. The maximum atomic E-state index is 12.5. The van der Waals surface area contributed by atoms with E-state index >= 15 is 0 Å². The Bertz CT molecular complexity index is 1750. The van der Waals surface area contributed by atoms with Crippen LogP contribution < -0.4 is 10.6 Å². The molecule has 0 atom stereocenters. The molecule has 1 amide bonds. The summed E-state index contributed by atoms with van der Waals surface area (Å²) in [5.41, 5.74) is 8.03. The third-order valence-corrected chi connectivity index (χ3v) is 10.7. The molecule has 11 heteroatoms. The maximum absolute atomic E-state index is 12.5. The van der Waals surface area contributed by atoms with Crippen LogP contribution in [0.25, 0.3) is 11.3 Å². The van der Waals surface area contributed by atoms with Gasteiger partial charge in [0.1, 0.15) is 0 Å². The lowest BCUT2D eigenvalue weighted by atomic mass is 9.98. The second kappa shape index (κ2) is 13.7. The van der Waals surface area contributed by atoms with E-state index in [1.54, 1.807) is 6.92 Å². The number of carbonyl (C=O) groups excluding carboxylic acids is 1. The van der Waals surface area contributed by atoms with Crippen molar-refractivity contribution in [1.82, 2.24) is 29.6 Å². The van der Waals surface area contributed by atoms with Gasteiger partial charge in [-0.15, -0.1) is 0 Å². The number of amides is 1. The zero-order valence-electron chi connectivity index (χ0n) is 26.0. The van der Waals surface area contributed by atoms with E-state index in [2.05, 4.69) is 50.3 Å². The van der Waals surface area contributed by atoms with Crippen LogP contribution in [-0.2, 0) is 47.3 Å². The van der Waals surface area contributed by atoms with Crippen LogP contribution in [0.1, 0.15) is 59.7 Å². The van der Waals surface area contributed by atoms with E-state index in [-0.39, 0.29) is 11.9 Å². The molecule has 0 bridgehead atoms. The molecule has 3 aromatic rings. The minimum Gasteiger partial charge on any atom is -0.354 e. The summed E-state index contributed by atoms with van der Waals surface area (Å²) in [4.78, 5) is 13.9. The number of carbonyl (C=O) groups is 1. The molecule has 238 valence electrons. The number of nitrogens with zero attached hydrogens (tertiary/aromatic N) is 4. The molecule has 3 aliphatic rings. The number of piperidine rings is 1. The minimum absolute atomic E-state index is 0.0363. The van der Waals surface area contributed by atoms with Crippen molar-refractivity contribution in [3.05, 3.63) is 74.9 Å². The van der Waals surface area contributed by atoms with Gasteiger partial charge < -0.3 is 15.5 Å². The van der Waals surface area contributed by atoms with Crippen molar-refractivity contribution >= 4 is 27.5 Å². The Labute approximate surface area is 271 Å². The molecule has 1 fully saturated rings. The zero-order valence-corrected chi connectivity index (χ0v) is 27.6. The topological polar surface area (TPSA) is 99.6 Å². The number of likely N-dealkylation sites (tertiary alicyclic amines) is 1. The monoisotopic (exact) mass is 648 g/mol. The van der Waals surface area contributed by atoms with Crippen molar-refractivity contribution in [3.8, 4) is 23.1 Å². The maximum Gasteiger partial charge on any atom is 0.217 e. The molecular weight excluding hydrogens is 608 g/mol. The first kappa shape index (κ1) is 31.8. The van der Waals surface area contributed by atoms with E-state index in [1.165, 1.54) is 21.7 Å². The van der Waals surface area contributed by atoms with Gasteiger partial charge in [0, 0.05) is 86.6 Å². The smallest absolute Gasteiger partial charge is 0.217 e. The Balaban J connectivity index is 1.23. The Morgan fingerprint density at radius 3 is 2.67 bits per heavy atom. The summed E-state index contributed by atoms with van der Waals surface area (Å²) >= 11 is 6.62. The number of fused-ring (bicyclic) bond motifs is 2. The van der Waals surface area contributed by atoms with Gasteiger partial charge in [-0.2, -0.15) is 9.40 Å². The highest BCUT2D eigenvalue weighted by Crippen LogP contribution is 2.33. The third kappa shape index (κ3) is 7.62. The number of aryl methyl sites for hydroxylation is 1. The molecule has 1 aromatic heterocycles. The standard InChI is InChI=1S/C34H41ClN6O3S/c1-24(42)37-30-11-17-39(18-12-30)15-3-16-41-33-13-19-40(45(2,43)44)23-31(33)34(38-41)28-8-9-32(35)27(21-28)7-5-25-4-6-26-10-14-36-22-29(26)20-25/h4,6,8-9,20-21,30,36H,3,10-19,22-23H2,1-2H3,(H,37,42). The van der Waals surface area contributed by atoms with Crippen LogP contribution in [0.2, 0.25) is 5.02 Å². The number of rotatable bonds is 7. The molecule has 45 heavy (non-hydrogen) atoms. The van der Waals surface area contributed by atoms with Crippen LogP contribution in [0.15, 0.2) is 36.4 Å². The van der Waals surface area contributed by atoms with Crippen molar-refractivity contribution in [2.24, 2.45) is 0 Å². The predicted octanol–water partition coefficient (Wildman–Crippen LogP) is 3.56. The van der Waals surface area contributed by atoms with Gasteiger partial charge in [0.05, 0.1) is 17.0 Å². The zero-order chi connectivity index (χ0) is 31.6. The fourth-order valence-corrected chi connectivity index (χ4v) is 7.62. The fourth-order valence-electron chi connectivity index (χ4n) is 6.66. The number of hydrogen-bond acceptors (Lipinski definition) is 6. The largest absolute Gasteiger partial charge is 0.354 e. The number of halogens is 1. The lowest BCUT2D eigenvalue weighted by Crippen LogP contribution is -2.44. The molecule has 3 aliphatic heterocycles. The summed E-state index contributed by atoms with van der Waals surface area (Å²) in [5.74, 6) is 6.61. The predicted molar refractivity (Wildman–Crippen MR) is 177 cm³/mol. The van der Waals surface area contributed by atoms with Crippen molar-refractivity contribution in [2.45, 2.75) is 64.7 Å². The van der Waals surface area contributed by atoms with Crippen LogP contribution in [0.5, 0.6) is 0 Å². The van der Waals surface area contributed by atoms with Gasteiger partial charge in [-0.3, -0.25) is 9.48 Å². The Kier molecular flexibility index (Phi) is 9.64. The van der Waals surface area contributed by atoms with E-state index in [0.29, 0.717) is 30.1 Å².